The van der Waals surface area contributed by atoms with Crippen molar-refractivity contribution in [1.29, 1.82) is 0 Å². The number of hydrogen-bond donors (Lipinski definition) is 4. The molecule has 0 rings (SSSR count). The molecule has 0 spiro atoms. The Morgan fingerprint density at radius 3 is 1.47 bits per heavy atom. The molecule has 0 aromatic rings. The van der Waals surface area contributed by atoms with E-state index in [0.717, 1.165) is 32.1 Å². The molecule has 5 N–H and O–H groups in total. The summed E-state index contributed by atoms with van der Waals surface area (Å²) in [6.45, 7) is 0.534. The molecule has 0 fully saturated rings. The third-order valence-electron chi connectivity index (χ3n) is 2.75. The molecule has 0 aliphatic rings. The van der Waals surface area contributed by atoms with E-state index in [9.17, 15) is 0 Å². The van der Waals surface area contributed by atoms with E-state index in [1.54, 1.807) is 0 Å². The van der Waals surface area contributed by atoms with Crippen molar-refractivity contribution in [3.63, 3.8) is 0 Å². The van der Waals surface area contributed by atoms with Gasteiger partial charge in [-0.3, -0.25) is 0 Å². The van der Waals surface area contributed by atoms with E-state index in [-0.39, 0.29) is 25.4 Å². The van der Waals surface area contributed by atoms with Crippen LogP contribution in [-0.4, -0.2) is 40.7 Å². The van der Waals surface area contributed by atoms with Gasteiger partial charge in [0.15, 0.2) is 0 Å². The van der Waals surface area contributed by atoms with Gasteiger partial charge in [0.2, 0.25) is 0 Å². The molecule has 0 heterocycles. The molecular weight excluding hydrogens is 194 g/mol. The van der Waals surface area contributed by atoms with Crippen molar-refractivity contribution in [2.24, 2.45) is 5.73 Å². The van der Waals surface area contributed by atoms with Gasteiger partial charge in [-0.05, 0) is 44.9 Å². The summed E-state index contributed by atoms with van der Waals surface area (Å²) in [5.74, 6) is 0. The standard InChI is InChI=1S/C11H25NO3/c12-11(6-3-9-14,7-4-10-15)5-1-2-8-13/h13-15H,1-10,12H2. The summed E-state index contributed by atoms with van der Waals surface area (Å²) in [5, 5.41) is 26.3. The van der Waals surface area contributed by atoms with Crippen LogP contribution in [-0.2, 0) is 0 Å². The van der Waals surface area contributed by atoms with E-state index >= 15 is 0 Å². The lowest BCUT2D eigenvalue weighted by atomic mass is 9.84. The van der Waals surface area contributed by atoms with Gasteiger partial charge >= 0.3 is 0 Å². The van der Waals surface area contributed by atoms with Crippen LogP contribution in [0, 0.1) is 0 Å². The normalized spacial score (nSPS) is 12.0. The monoisotopic (exact) mass is 219 g/mol. The van der Waals surface area contributed by atoms with E-state index in [1.165, 1.54) is 0 Å². The lowest BCUT2D eigenvalue weighted by Crippen LogP contribution is -2.40. The van der Waals surface area contributed by atoms with Crippen LogP contribution in [0.2, 0.25) is 0 Å². The SMILES string of the molecule is NC(CCCO)(CCCO)CCCCO. The van der Waals surface area contributed by atoms with E-state index in [0.29, 0.717) is 12.8 Å². The first-order chi connectivity index (χ1) is 7.18. The lowest BCUT2D eigenvalue weighted by molar-refractivity contribution is 0.216. The van der Waals surface area contributed by atoms with Crippen molar-refractivity contribution in [1.82, 2.24) is 0 Å². The molecule has 0 aliphatic heterocycles. The van der Waals surface area contributed by atoms with Gasteiger partial charge in [-0.15, -0.1) is 0 Å². The predicted molar refractivity (Wildman–Crippen MR) is 60.5 cm³/mol. The number of unbranched alkanes of at least 4 members (excludes halogenated alkanes) is 1. The number of nitrogens with two attached hydrogens (primary N) is 1. The molecule has 4 heteroatoms. The highest BCUT2D eigenvalue weighted by Crippen LogP contribution is 2.22. The van der Waals surface area contributed by atoms with E-state index in [4.69, 9.17) is 21.1 Å². The zero-order valence-electron chi connectivity index (χ0n) is 9.49. The molecule has 0 atom stereocenters. The molecule has 92 valence electrons. The summed E-state index contributed by atoms with van der Waals surface area (Å²) in [4.78, 5) is 0. The second-order valence-corrected chi connectivity index (χ2v) is 4.20. The molecule has 0 saturated heterocycles. The molecule has 0 bridgehead atoms. The summed E-state index contributed by atoms with van der Waals surface area (Å²) >= 11 is 0. The topological polar surface area (TPSA) is 86.7 Å². The molecule has 0 amide bonds. The van der Waals surface area contributed by atoms with Crippen LogP contribution < -0.4 is 5.73 Å². The smallest absolute Gasteiger partial charge is 0.0431 e. The van der Waals surface area contributed by atoms with Crippen molar-refractivity contribution < 1.29 is 15.3 Å². The quantitative estimate of drug-likeness (QED) is 0.400. The van der Waals surface area contributed by atoms with Crippen LogP contribution >= 0.6 is 0 Å². The molecule has 0 aromatic heterocycles. The molecule has 0 saturated carbocycles. The maximum atomic E-state index is 8.78. The fourth-order valence-electron chi connectivity index (χ4n) is 1.83. The first kappa shape index (κ1) is 14.8. The summed E-state index contributed by atoms with van der Waals surface area (Å²) in [7, 11) is 0. The average Bonchev–Trinajstić information content (AvgIpc) is 2.24. The van der Waals surface area contributed by atoms with Crippen LogP contribution in [0.4, 0.5) is 0 Å². The third-order valence-corrected chi connectivity index (χ3v) is 2.75. The number of hydrogen-bond acceptors (Lipinski definition) is 4. The Kier molecular flexibility index (Phi) is 9.00. The highest BCUT2D eigenvalue weighted by atomic mass is 16.3. The summed E-state index contributed by atoms with van der Waals surface area (Å²) in [6.07, 6.45) is 5.53. The summed E-state index contributed by atoms with van der Waals surface area (Å²) in [6, 6.07) is 0. The first-order valence-corrected chi connectivity index (χ1v) is 5.80. The molecule has 0 aromatic carbocycles. The average molecular weight is 219 g/mol. The maximum absolute atomic E-state index is 8.78. The Bertz CT molecular complexity index is 134. The highest BCUT2D eigenvalue weighted by Gasteiger charge is 2.22. The van der Waals surface area contributed by atoms with Gasteiger partial charge in [-0.25, -0.2) is 0 Å². The molecule has 15 heavy (non-hydrogen) atoms. The predicted octanol–water partition coefficient (Wildman–Crippen LogP) is 0.391. The molecule has 0 radical (unpaired) electrons. The summed E-state index contributed by atoms with van der Waals surface area (Å²) < 4.78 is 0. The fraction of sp³-hybridized carbons (Fsp3) is 1.00. The van der Waals surface area contributed by atoms with E-state index in [1.807, 2.05) is 0 Å². The van der Waals surface area contributed by atoms with Crippen LogP contribution in [0.3, 0.4) is 0 Å². The Labute approximate surface area is 92.1 Å². The molecular formula is C11H25NO3. The number of aliphatic hydroxyl groups is 3. The highest BCUT2D eigenvalue weighted by molar-refractivity contribution is 4.83. The van der Waals surface area contributed by atoms with Gasteiger partial charge in [0.1, 0.15) is 0 Å². The van der Waals surface area contributed by atoms with Gasteiger partial charge < -0.3 is 21.1 Å². The minimum Gasteiger partial charge on any atom is -0.396 e. The molecule has 0 aliphatic carbocycles. The second kappa shape index (κ2) is 9.09. The molecule has 4 nitrogen and oxygen atoms in total. The van der Waals surface area contributed by atoms with Crippen molar-refractivity contribution in [2.75, 3.05) is 19.8 Å². The van der Waals surface area contributed by atoms with Gasteiger partial charge in [-0.2, -0.15) is 0 Å². The van der Waals surface area contributed by atoms with Gasteiger partial charge in [-0.1, -0.05) is 0 Å². The minimum absolute atomic E-state index is 0.165. The number of aliphatic hydroxyl groups excluding tert-OH is 3. The largest absolute Gasteiger partial charge is 0.396 e. The minimum atomic E-state index is -0.277. The van der Waals surface area contributed by atoms with Crippen LogP contribution in [0.5, 0.6) is 0 Å². The molecule has 0 unspecified atom stereocenters. The zero-order chi connectivity index (χ0) is 11.6. The zero-order valence-corrected chi connectivity index (χ0v) is 9.49. The summed E-state index contributed by atoms with van der Waals surface area (Å²) in [5.41, 5.74) is 5.93. The third kappa shape index (κ3) is 7.73. The fourth-order valence-corrected chi connectivity index (χ4v) is 1.83. The van der Waals surface area contributed by atoms with Crippen LogP contribution in [0.25, 0.3) is 0 Å². The van der Waals surface area contributed by atoms with Crippen LogP contribution in [0.15, 0.2) is 0 Å². The van der Waals surface area contributed by atoms with Gasteiger partial charge in [0.25, 0.3) is 0 Å². The van der Waals surface area contributed by atoms with Crippen molar-refractivity contribution >= 4 is 0 Å². The van der Waals surface area contributed by atoms with Crippen molar-refractivity contribution in [3.8, 4) is 0 Å². The van der Waals surface area contributed by atoms with Crippen LogP contribution in [0.1, 0.15) is 44.9 Å². The van der Waals surface area contributed by atoms with Crippen molar-refractivity contribution in [3.05, 3.63) is 0 Å². The Morgan fingerprint density at radius 2 is 1.07 bits per heavy atom. The Hall–Kier alpha value is -0.160. The first-order valence-electron chi connectivity index (χ1n) is 5.80. The van der Waals surface area contributed by atoms with Gasteiger partial charge in [0.05, 0.1) is 0 Å². The Balaban J connectivity index is 3.89. The van der Waals surface area contributed by atoms with E-state index in [2.05, 4.69) is 0 Å². The van der Waals surface area contributed by atoms with Gasteiger partial charge in [0, 0.05) is 25.4 Å². The lowest BCUT2D eigenvalue weighted by Gasteiger charge is -2.29. The van der Waals surface area contributed by atoms with Crippen molar-refractivity contribution in [2.45, 2.75) is 50.5 Å². The second-order valence-electron chi connectivity index (χ2n) is 4.20. The van der Waals surface area contributed by atoms with E-state index < -0.39 is 0 Å². The Morgan fingerprint density at radius 1 is 0.667 bits per heavy atom. The maximum Gasteiger partial charge on any atom is 0.0431 e. The number of rotatable bonds is 10.